The van der Waals surface area contributed by atoms with Gasteiger partial charge in [-0.25, -0.2) is 4.39 Å². The fraction of sp³-hybridized carbons (Fsp3) is 0.467. The van der Waals surface area contributed by atoms with Crippen molar-refractivity contribution >= 4 is 0 Å². The summed E-state index contributed by atoms with van der Waals surface area (Å²) in [6, 6.07) is 4.78. The Bertz CT molecular complexity index is 570. The topological polar surface area (TPSA) is 51.0 Å². The van der Waals surface area contributed by atoms with Crippen LogP contribution >= 0.6 is 0 Å². The number of rotatable bonds is 3. The molecule has 2 heterocycles. The highest BCUT2D eigenvalue weighted by molar-refractivity contribution is 5.55. The molecule has 1 aliphatic rings. The average molecular weight is 275 g/mol. The van der Waals surface area contributed by atoms with E-state index in [1.807, 2.05) is 13.0 Å². The van der Waals surface area contributed by atoms with E-state index in [1.165, 1.54) is 25.0 Å². The molecule has 3 rings (SSSR count). The van der Waals surface area contributed by atoms with Gasteiger partial charge in [0.15, 0.2) is 0 Å². The van der Waals surface area contributed by atoms with E-state index in [9.17, 15) is 4.39 Å². The van der Waals surface area contributed by atoms with Crippen molar-refractivity contribution in [1.29, 1.82) is 0 Å². The van der Waals surface area contributed by atoms with Crippen LogP contribution in [0.15, 0.2) is 22.7 Å². The van der Waals surface area contributed by atoms with Crippen LogP contribution in [0.4, 0.5) is 4.39 Å². The Balaban J connectivity index is 1.75. The van der Waals surface area contributed by atoms with Crippen LogP contribution in [-0.2, 0) is 6.42 Å². The van der Waals surface area contributed by atoms with Crippen LogP contribution in [-0.4, -0.2) is 23.2 Å². The van der Waals surface area contributed by atoms with Crippen molar-refractivity contribution in [2.45, 2.75) is 26.2 Å². The van der Waals surface area contributed by atoms with E-state index in [-0.39, 0.29) is 5.82 Å². The Hall–Kier alpha value is -1.75. The third-order valence-corrected chi connectivity index (χ3v) is 3.63. The van der Waals surface area contributed by atoms with Gasteiger partial charge in [-0.1, -0.05) is 5.16 Å². The van der Waals surface area contributed by atoms with E-state index in [0.29, 0.717) is 23.2 Å². The Morgan fingerprint density at radius 2 is 2.30 bits per heavy atom. The quantitative estimate of drug-likeness (QED) is 0.935. The van der Waals surface area contributed by atoms with Crippen molar-refractivity contribution in [1.82, 2.24) is 15.5 Å². The average Bonchev–Trinajstić information content (AvgIpc) is 2.87. The second-order valence-corrected chi connectivity index (χ2v) is 5.45. The van der Waals surface area contributed by atoms with Gasteiger partial charge in [-0.3, -0.25) is 0 Å². The van der Waals surface area contributed by atoms with E-state index in [0.717, 1.165) is 25.1 Å². The number of aromatic nitrogens is 2. The maximum absolute atomic E-state index is 13.4. The summed E-state index contributed by atoms with van der Waals surface area (Å²) in [6.45, 7) is 3.94. The normalized spacial score (nSPS) is 19.2. The lowest BCUT2D eigenvalue weighted by atomic mass is 9.96. The molecule has 0 aliphatic carbocycles. The number of hydrogen-bond acceptors (Lipinski definition) is 4. The smallest absolute Gasteiger partial charge is 0.227 e. The minimum Gasteiger partial charge on any atom is -0.339 e. The number of benzene rings is 1. The predicted molar refractivity (Wildman–Crippen MR) is 73.7 cm³/mol. The number of piperidine rings is 1. The number of hydrogen-bond donors (Lipinski definition) is 1. The van der Waals surface area contributed by atoms with Gasteiger partial charge in [-0.05, 0) is 62.5 Å². The minimum atomic E-state index is -0.275. The molecule has 20 heavy (non-hydrogen) atoms. The lowest BCUT2D eigenvalue weighted by molar-refractivity contribution is 0.316. The van der Waals surface area contributed by atoms with E-state index >= 15 is 0 Å². The molecule has 0 amide bonds. The van der Waals surface area contributed by atoms with E-state index in [1.54, 1.807) is 0 Å². The minimum absolute atomic E-state index is 0.275. The van der Waals surface area contributed by atoms with Gasteiger partial charge in [0, 0.05) is 12.0 Å². The SMILES string of the molecule is Cc1cc(F)cc(-c2noc(CC3CCCNC3)n2)c1. The summed E-state index contributed by atoms with van der Waals surface area (Å²) in [7, 11) is 0. The Morgan fingerprint density at radius 3 is 3.05 bits per heavy atom. The summed E-state index contributed by atoms with van der Waals surface area (Å²) >= 11 is 0. The first-order valence-corrected chi connectivity index (χ1v) is 7.01. The molecule has 2 aromatic rings. The van der Waals surface area contributed by atoms with E-state index in [4.69, 9.17) is 4.52 Å². The van der Waals surface area contributed by atoms with Gasteiger partial charge in [0.1, 0.15) is 5.82 Å². The van der Waals surface area contributed by atoms with Gasteiger partial charge in [-0.2, -0.15) is 4.98 Å². The van der Waals surface area contributed by atoms with Crippen molar-refractivity contribution in [3.05, 3.63) is 35.5 Å². The van der Waals surface area contributed by atoms with Gasteiger partial charge in [0.2, 0.25) is 11.7 Å². The first-order valence-electron chi connectivity index (χ1n) is 7.01. The second kappa shape index (κ2) is 5.71. The number of nitrogens with zero attached hydrogens (tertiary/aromatic N) is 2. The van der Waals surface area contributed by atoms with E-state index in [2.05, 4.69) is 15.5 Å². The van der Waals surface area contributed by atoms with Crippen LogP contribution in [0.25, 0.3) is 11.4 Å². The zero-order valence-corrected chi connectivity index (χ0v) is 11.5. The largest absolute Gasteiger partial charge is 0.339 e. The molecule has 0 spiro atoms. The molecule has 1 N–H and O–H groups in total. The molecule has 106 valence electrons. The molecular weight excluding hydrogens is 257 g/mol. The summed E-state index contributed by atoms with van der Waals surface area (Å²) in [5.74, 6) is 1.37. The van der Waals surface area contributed by atoms with Gasteiger partial charge >= 0.3 is 0 Å². The summed E-state index contributed by atoms with van der Waals surface area (Å²) in [5.41, 5.74) is 1.52. The first-order chi connectivity index (χ1) is 9.70. The van der Waals surface area contributed by atoms with Crippen LogP contribution in [0, 0.1) is 18.7 Å². The van der Waals surface area contributed by atoms with Crippen molar-refractivity contribution in [2.75, 3.05) is 13.1 Å². The Morgan fingerprint density at radius 1 is 1.40 bits per heavy atom. The molecule has 0 saturated carbocycles. The lowest BCUT2D eigenvalue weighted by Gasteiger charge is -2.20. The molecule has 0 radical (unpaired) electrons. The summed E-state index contributed by atoms with van der Waals surface area (Å²) in [5, 5.41) is 7.33. The van der Waals surface area contributed by atoms with Crippen LogP contribution in [0.5, 0.6) is 0 Å². The molecule has 1 saturated heterocycles. The van der Waals surface area contributed by atoms with Gasteiger partial charge < -0.3 is 9.84 Å². The van der Waals surface area contributed by atoms with Gasteiger partial charge in [-0.15, -0.1) is 0 Å². The number of nitrogens with one attached hydrogen (secondary N) is 1. The predicted octanol–water partition coefficient (Wildman–Crippen LogP) is 2.73. The molecule has 1 aromatic carbocycles. The summed E-state index contributed by atoms with van der Waals surface area (Å²) in [6.07, 6.45) is 3.16. The standard InChI is InChI=1S/C15H18FN3O/c1-10-5-12(8-13(16)6-10)15-18-14(20-19-15)7-11-3-2-4-17-9-11/h5-6,8,11,17H,2-4,7,9H2,1H3. The monoisotopic (exact) mass is 275 g/mol. The molecule has 4 nitrogen and oxygen atoms in total. The highest BCUT2D eigenvalue weighted by Gasteiger charge is 2.18. The van der Waals surface area contributed by atoms with Gasteiger partial charge in [0.05, 0.1) is 0 Å². The third-order valence-electron chi connectivity index (χ3n) is 3.63. The molecule has 1 aromatic heterocycles. The molecule has 1 aliphatic heterocycles. The van der Waals surface area contributed by atoms with Crippen LogP contribution < -0.4 is 5.32 Å². The zero-order chi connectivity index (χ0) is 13.9. The van der Waals surface area contributed by atoms with Crippen molar-refractivity contribution in [3.63, 3.8) is 0 Å². The molecule has 1 unspecified atom stereocenters. The fourth-order valence-corrected chi connectivity index (χ4v) is 2.67. The first kappa shape index (κ1) is 13.2. The van der Waals surface area contributed by atoms with E-state index < -0.39 is 0 Å². The number of aryl methyl sites for hydroxylation is 1. The van der Waals surface area contributed by atoms with Crippen LogP contribution in [0.2, 0.25) is 0 Å². The summed E-state index contributed by atoms with van der Waals surface area (Å²) < 4.78 is 18.7. The maximum atomic E-state index is 13.4. The van der Waals surface area contributed by atoms with Crippen molar-refractivity contribution in [2.24, 2.45) is 5.92 Å². The molecule has 5 heteroatoms. The zero-order valence-electron chi connectivity index (χ0n) is 11.5. The van der Waals surface area contributed by atoms with Crippen LogP contribution in [0.3, 0.4) is 0 Å². The Kier molecular flexibility index (Phi) is 3.78. The van der Waals surface area contributed by atoms with Crippen molar-refractivity contribution < 1.29 is 8.91 Å². The third kappa shape index (κ3) is 3.04. The lowest BCUT2D eigenvalue weighted by Crippen LogP contribution is -2.30. The number of halogens is 1. The van der Waals surface area contributed by atoms with Crippen molar-refractivity contribution in [3.8, 4) is 11.4 Å². The maximum Gasteiger partial charge on any atom is 0.227 e. The van der Waals surface area contributed by atoms with Gasteiger partial charge in [0.25, 0.3) is 0 Å². The molecule has 1 fully saturated rings. The Labute approximate surface area is 117 Å². The summed E-state index contributed by atoms with van der Waals surface area (Å²) in [4.78, 5) is 4.38. The second-order valence-electron chi connectivity index (χ2n) is 5.45. The van der Waals surface area contributed by atoms with Crippen LogP contribution in [0.1, 0.15) is 24.3 Å². The molecule has 1 atom stereocenters. The highest BCUT2D eigenvalue weighted by Crippen LogP contribution is 2.21. The highest BCUT2D eigenvalue weighted by atomic mass is 19.1. The molecule has 0 bridgehead atoms. The molecular formula is C15H18FN3O. The fourth-order valence-electron chi connectivity index (χ4n) is 2.67.